The van der Waals surface area contributed by atoms with Crippen LogP contribution in [-0.4, -0.2) is 17.8 Å². The predicted molar refractivity (Wildman–Crippen MR) is 59.1 cm³/mol. The molecule has 0 unspecified atom stereocenters. The Morgan fingerprint density at radius 2 is 2.20 bits per heavy atom. The highest BCUT2D eigenvalue weighted by Crippen LogP contribution is 2.09. The molecule has 15 heavy (non-hydrogen) atoms. The minimum Gasteiger partial charge on any atom is -0.395 e. The molecule has 0 aromatic heterocycles. The summed E-state index contributed by atoms with van der Waals surface area (Å²) in [5.74, 6) is -0.173. The summed E-state index contributed by atoms with van der Waals surface area (Å²) in [5, 5.41) is 12.2. The molecule has 1 aromatic rings. The van der Waals surface area contributed by atoms with Gasteiger partial charge in [-0.1, -0.05) is 19.1 Å². The predicted octanol–water partition coefficient (Wildman–Crippen LogP) is 1.99. The fourth-order valence-corrected chi connectivity index (χ4v) is 1.42. The van der Waals surface area contributed by atoms with Gasteiger partial charge in [-0.2, -0.15) is 0 Å². The van der Waals surface area contributed by atoms with E-state index in [0.29, 0.717) is 12.1 Å². The second-order valence-corrected chi connectivity index (χ2v) is 3.75. The SMILES string of the molecule is CC[C@@H](CO)NCc1ccc(F)c(C)c1. The molecule has 0 aliphatic heterocycles. The molecule has 2 N–H and O–H groups in total. The third-order valence-corrected chi connectivity index (χ3v) is 2.53. The first-order valence-corrected chi connectivity index (χ1v) is 5.26. The lowest BCUT2D eigenvalue weighted by Crippen LogP contribution is -2.31. The van der Waals surface area contributed by atoms with Gasteiger partial charge in [0.2, 0.25) is 0 Å². The molecule has 0 fully saturated rings. The summed E-state index contributed by atoms with van der Waals surface area (Å²) in [5.41, 5.74) is 1.70. The molecule has 3 heteroatoms. The molecular formula is C12H18FNO. The van der Waals surface area contributed by atoms with Crippen LogP contribution in [0.3, 0.4) is 0 Å². The number of aliphatic hydroxyl groups is 1. The molecule has 0 saturated heterocycles. The van der Waals surface area contributed by atoms with Crippen molar-refractivity contribution in [3.8, 4) is 0 Å². The van der Waals surface area contributed by atoms with Crippen molar-refractivity contribution >= 4 is 0 Å². The van der Waals surface area contributed by atoms with Gasteiger partial charge < -0.3 is 10.4 Å². The number of halogens is 1. The first-order chi connectivity index (χ1) is 7.17. The fourth-order valence-electron chi connectivity index (χ4n) is 1.42. The van der Waals surface area contributed by atoms with Crippen LogP contribution < -0.4 is 5.32 Å². The second-order valence-electron chi connectivity index (χ2n) is 3.75. The van der Waals surface area contributed by atoms with Crippen molar-refractivity contribution in [2.45, 2.75) is 32.9 Å². The summed E-state index contributed by atoms with van der Waals surface area (Å²) < 4.78 is 13.0. The van der Waals surface area contributed by atoms with E-state index in [1.54, 1.807) is 13.0 Å². The zero-order valence-corrected chi connectivity index (χ0v) is 9.26. The first kappa shape index (κ1) is 12.1. The van der Waals surface area contributed by atoms with Crippen LogP contribution in [0.4, 0.5) is 4.39 Å². The van der Waals surface area contributed by atoms with E-state index in [-0.39, 0.29) is 18.5 Å². The highest BCUT2D eigenvalue weighted by Gasteiger charge is 2.04. The largest absolute Gasteiger partial charge is 0.395 e. The summed E-state index contributed by atoms with van der Waals surface area (Å²) >= 11 is 0. The molecular weight excluding hydrogens is 193 g/mol. The van der Waals surface area contributed by atoms with Crippen molar-refractivity contribution in [2.24, 2.45) is 0 Å². The molecule has 1 rings (SSSR count). The van der Waals surface area contributed by atoms with Crippen LogP contribution in [0.25, 0.3) is 0 Å². The van der Waals surface area contributed by atoms with Crippen LogP contribution in [0.2, 0.25) is 0 Å². The average Bonchev–Trinajstić information content (AvgIpc) is 2.24. The maximum atomic E-state index is 13.0. The average molecular weight is 211 g/mol. The molecule has 0 amide bonds. The van der Waals surface area contributed by atoms with Crippen molar-refractivity contribution in [3.63, 3.8) is 0 Å². The maximum Gasteiger partial charge on any atom is 0.126 e. The van der Waals surface area contributed by atoms with Gasteiger partial charge in [0.15, 0.2) is 0 Å². The lowest BCUT2D eigenvalue weighted by Gasteiger charge is -2.14. The van der Waals surface area contributed by atoms with Gasteiger partial charge in [-0.3, -0.25) is 0 Å². The molecule has 0 spiro atoms. The molecule has 0 aliphatic rings. The topological polar surface area (TPSA) is 32.3 Å². The number of nitrogens with one attached hydrogen (secondary N) is 1. The number of benzene rings is 1. The summed E-state index contributed by atoms with van der Waals surface area (Å²) in [4.78, 5) is 0. The first-order valence-electron chi connectivity index (χ1n) is 5.26. The number of rotatable bonds is 5. The van der Waals surface area contributed by atoms with Crippen molar-refractivity contribution in [2.75, 3.05) is 6.61 Å². The number of hydrogen-bond donors (Lipinski definition) is 2. The van der Waals surface area contributed by atoms with Gasteiger partial charge in [-0.25, -0.2) is 4.39 Å². The molecule has 0 aliphatic carbocycles. The minimum absolute atomic E-state index is 0.121. The number of aliphatic hydroxyl groups excluding tert-OH is 1. The Labute approximate surface area is 90.1 Å². The summed E-state index contributed by atoms with van der Waals surface area (Å²) in [7, 11) is 0. The minimum atomic E-state index is -0.173. The monoisotopic (exact) mass is 211 g/mol. The molecule has 0 radical (unpaired) electrons. The normalized spacial score (nSPS) is 12.8. The van der Waals surface area contributed by atoms with Crippen molar-refractivity contribution in [1.29, 1.82) is 0 Å². The quantitative estimate of drug-likeness (QED) is 0.780. The third kappa shape index (κ3) is 3.61. The van der Waals surface area contributed by atoms with E-state index in [4.69, 9.17) is 5.11 Å². The van der Waals surface area contributed by atoms with Gasteiger partial charge in [0, 0.05) is 12.6 Å². The van der Waals surface area contributed by atoms with E-state index >= 15 is 0 Å². The molecule has 84 valence electrons. The molecule has 1 aromatic carbocycles. The smallest absolute Gasteiger partial charge is 0.126 e. The Balaban J connectivity index is 2.54. The van der Waals surface area contributed by atoms with E-state index in [2.05, 4.69) is 5.32 Å². The van der Waals surface area contributed by atoms with Crippen molar-refractivity contribution in [3.05, 3.63) is 35.1 Å². The van der Waals surface area contributed by atoms with E-state index in [1.807, 2.05) is 13.0 Å². The van der Waals surface area contributed by atoms with Gasteiger partial charge in [0.1, 0.15) is 5.82 Å². The Kier molecular flexibility index (Phi) is 4.72. The Bertz CT molecular complexity index is 310. The number of aryl methyl sites for hydroxylation is 1. The van der Waals surface area contributed by atoms with Crippen LogP contribution in [0, 0.1) is 12.7 Å². The highest BCUT2D eigenvalue weighted by atomic mass is 19.1. The van der Waals surface area contributed by atoms with Crippen molar-refractivity contribution < 1.29 is 9.50 Å². The van der Waals surface area contributed by atoms with Gasteiger partial charge in [0.25, 0.3) is 0 Å². The van der Waals surface area contributed by atoms with Crippen LogP contribution in [-0.2, 0) is 6.54 Å². The van der Waals surface area contributed by atoms with Crippen LogP contribution >= 0.6 is 0 Å². The molecule has 0 bridgehead atoms. The Hall–Kier alpha value is -0.930. The Morgan fingerprint density at radius 1 is 1.47 bits per heavy atom. The lowest BCUT2D eigenvalue weighted by atomic mass is 10.1. The summed E-state index contributed by atoms with van der Waals surface area (Å²) in [6.07, 6.45) is 0.886. The van der Waals surface area contributed by atoms with E-state index < -0.39 is 0 Å². The number of hydrogen-bond acceptors (Lipinski definition) is 2. The van der Waals surface area contributed by atoms with Gasteiger partial charge in [-0.15, -0.1) is 0 Å². The zero-order chi connectivity index (χ0) is 11.3. The molecule has 1 atom stereocenters. The van der Waals surface area contributed by atoms with Crippen LogP contribution in [0.5, 0.6) is 0 Å². The van der Waals surface area contributed by atoms with Gasteiger partial charge >= 0.3 is 0 Å². The lowest BCUT2D eigenvalue weighted by molar-refractivity contribution is 0.238. The molecule has 0 saturated carbocycles. The molecule has 0 heterocycles. The fraction of sp³-hybridized carbons (Fsp3) is 0.500. The van der Waals surface area contributed by atoms with Crippen LogP contribution in [0.1, 0.15) is 24.5 Å². The van der Waals surface area contributed by atoms with Gasteiger partial charge in [-0.05, 0) is 30.5 Å². The summed E-state index contributed by atoms with van der Waals surface area (Å²) in [6, 6.07) is 5.19. The molecule has 2 nitrogen and oxygen atoms in total. The maximum absolute atomic E-state index is 13.0. The Morgan fingerprint density at radius 3 is 2.73 bits per heavy atom. The standard InChI is InChI=1S/C12H18FNO/c1-3-11(8-15)14-7-10-4-5-12(13)9(2)6-10/h4-6,11,14-15H,3,7-8H2,1-2H3/t11-/m0/s1. The van der Waals surface area contributed by atoms with Crippen LogP contribution in [0.15, 0.2) is 18.2 Å². The van der Waals surface area contributed by atoms with E-state index in [0.717, 1.165) is 12.0 Å². The summed E-state index contributed by atoms with van der Waals surface area (Å²) in [6.45, 7) is 4.57. The second kappa shape index (κ2) is 5.83. The third-order valence-electron chi connectivity index (χ3n) is 2.53. The highest BCUT2D eigenvalue weighted by molar-refractivity contribution is 5.23. The zero-order valence-electron chi connectivity index (χ0n) is 9.26. The van der Waals surface area contributed by atoms with E-state index in [1.165, 1.54) is 6.07 Å². The van der Waals surface area contributed by atoms with E-state index in [9.17, 15) is 4.39 Å². The van der Waals surface area contributed by atoms with Crippen molar-refractivity contribution in [1.82, 2.24) is 5.32 Å². The van der Waals surface area contributed by atoms with Gasteiger partial charge in [0.05, 0.1) is 6.61 Å².